The van der Waals surface area contributed by atoms with Crippen molar-refractivity contribution < 1.29 is 42.0 Å². The lowest BCUT2D eigenvalue weighted by Crippen LogP contribution is -2.48. The predicted octanol–water partition coefficient (Wildman–Crippen LogP) is 4.66. The van der Waals surface area contributed by atoms with E-state index < -0.39 is 52.9 Å². The first-order valence-corrected chi connectivity index (χ1v) is 12.7. The Morgan fingerprint density at radius 1 is 1.15 bits per heavy atom. The molecule has 0 spiro atoms. The van der Waals surface area contributed by atoms with Crippen molar-refractivity contribution in [3.63, 3.8) is 0 Å². The summed E-state index contributed by atoms with van der Waals surface area (Å²) in [5.74, 6) is -4.12. The summed E-state index contributed by atoms with van der Waals surface area (Å²) in [6, 6.07) is 4.88. The van der Waals surface area contributed by atoms with Crippen molar-refractivity contribution in [1.29, 1.82) is 0 Å². The van der Waals surface area contributed by atoms with Gasteiger partial charge in [-0.15, -0.1) is 11.3 Å². The quantitative estimate of drug-likeness (QED) is 0.157. The molecule has 0 aliphatic carbocycles. The molecular formula is C25H28F4N4O5S. The van der Waals surface area contributed by atoms with E-state index in [4.69, 9.17) is 9.73 Å². The predicted molar refractivity (Wildman–Crippen MR) is 132 cm³/mol. The minimum Gasteiger partial charge on any atom is -0.382 e. The van der Waals surface area contributed by atoms with E-state index in [1.165, 1.54) is 16.8 Å². The fraction of sp³-hybridized carbons (Fsp3) is 0.440. The van der Waals surface area contributed by atoms with Crippen LogP contribution in [-0.2, 0) is 22.2 Å². The van der Waals surface area contributed by atoms with Gasteiger partial charge < -0.3 is 14.9 Å². The molecule has 4 N–H and O–H groups in total. The van der Waals surface area contributed by atoms with E-state index >= 15 is 0 Å². The van der Waals surface area contributed by atoms with Gasteiger partial charge in [0.15, 0.2) is 5.82 Å². The van der Waals surface area contributed by atoms with Crippen molar-refractivity contribution in [3.05, 3.63) is 58.5 Å². The molecule has 3 rings (SSSR count). The SMILES string of the molecule is CC(C)(C)[C@H](NC(=O)[C@H](CCCc1cc(F)cc(C(F)(F)F)c1)[C@H](O)C(=O)NO)c1noc(-c2cccs2)n1. The Balaban J connectivity index is 1.79. The maximum absolute atomic E-state index is 13.8. The Kier molecular flexibility index (Phi) is 9.46. The third kappa shape index (κ3) is 7.83. The van der Waals surface area contributed by atoms with Crippen molar-refractivity contribution in [3.8, 4) is 10.8 Å². The lowest BCUT2D eigenvalue weighted by Gasteiger charge is -2.31. The van der Waals surface area contributed by atoms with Crippen LogP contribution < -0.4 is 10.8 Å². The van der Waals surface area contributed by atoms with Crippen molar-refractivity contribution in [2.24, 2.45) is 11.3 Å². The number of amides is 2. The standard InChI is InChI=1S/C25H28F4N4O5S/c1-24(2,3)19(20-31-23(38-33-20)17-8-5-9-39-17)30-21(35)16(18(34)22(36)32-37)7-4-6-13-10-14(25(27,28)29)12-15(26)11-13/h5,8-12,16,18-19,34,37H,4,6-7H2,1-3H3,(H,30,35)(H,32,36)/t16-,18+,19-/m1/s1. The van der Waals surface area contributed by atoms with Crippen molar-refractivity contribution in [2.75, 3.05) is 0 Å². The molecule has 9 nitrogen and oxygen atoms in total. The Bertz CT molecular complexity index is 1270. The van der Waals surface area contributed by atoms with E-state index in [-0.39, 0.29) is 36.5 Å². The largest absolute Gasteiger partial charge is 0.416 e. The summed E-state index contributed by atoms with van der Waals surface area (Å²) in [4.78, 5) is 30.4. The van der Waals surface area contributed by atoms with Crippen molar-refractivity contribution >= 4 is 23.2 Å². The summed E-state index contributed by atoms with van der Waals surface area (Å²) in [5, 5.41) is 28.0. The highest BCUT2D eigenvalue weighted by atomic mass is 32.1. The van der Waals surface area contributed by atoms with E-state index in [1.54, 1.807) is 32.9 Å². The van der Waals surface area contributed by atoms with Crippen molar-refractivity contribution in [2.45, 2.75) is 58.4 Å². The van der Waals surface area contributed by atoms with Crippen LogP contribution in [0, 0.1) is 17.2 Å². The molecule has 39 heavy (non-hydrogen) atoms. The molecule has 14 heteroatoms. The lowest BCUT2D eigenvalue weighted by molar-refractivity contribution is -0.146. The number of aliphatic hydroxyl groups excluding tert-OH is 1. The lowest BCUT2D eigenvalue weighted by atomic mass is 9.85. The molecule has 0 fully saturated rings. The fourth-order valence-corrected chi connectivity index (χ4v) is 4.58. The maximum atomic E-state index is 13.8. The molecule has 212 valence electrons. The van der Waals surface area contributed by atoms with Gasteiger partial charge in [0.1, 0.15) is 11.9 Å². The molecule has 0 unspecified atom stereocenters. The number of nitrogens with one attached hydrogen (secondary N) is 2. The second-order valence-electron chi connectivity index (χ2n) is 10.0. The highest BCUT2D eigenvalue weighted by Gasteiger charge is 2.38. The number of benzene rings is 1. The van der Waals surface area contributed by atoms with Crippen LogP contribution in [0.25, 0.3) is 10.8 Å². The summed E-state index contributed by atoms with van der Waals surface area (Å²) in [6.45, 7) is 5.40. The number of carbonyl (C=O) groups is 2. The number of thiophene rings is 1. The van der Waals surface area contributed by atoms with Gasteiger partial charge in [-0.2, -0.15) is 18.2 Å². The van der Waals surface area contributed by atoms with Crippen LogP contribution in [0.4, 0.5) is 17.6 Å². The zero-order valence-corrected chi connectivity index (χ0v) is 22.1. The van der Waals surface area contributed by atoms with Crippen LogP contribution >= 0.6 is 11.3 Å². The molecule has 3 atom stereocenters. The molecule has 0 saturated carbocycles. The third-order valence-corrected chi connectivity index (χ3v) is 6.80. The Morgan fingerprint density at radius 2 is 1.87 bits per heavy atom. The van der Waals surface area contributed by atoms with Crippen molar-refractivity contribution in [1.82, 2.24) is 20.9 Å². The third-order valence-electron chi connectivity index (χ3n) is 5.95. The zero-order chi connectivity index (χ0) is 29.0. The van der Waals surface area contributed by atoms with E-state index in [2.05, 4.69) is 15.5 Å². The van der Waals surface area contributed by atoms with Gasteiger partial charge in [0.25, 0.3) is 11.8 Å². The summed E-state index contributed by atoms with van der Waals surface area (Å²) in [7, 11) is 0. The maximum Gasteiger partial charge on any atom is 0.416 e. The number of hydrogen-bond donors (Lipinski definition) is 4. The number of aromatic nitrogens is 2. The number of rotatable bonds is 10. The Morgan fingerprint density at radius 3 is 2.46 bits per heavy atom. The smallest absolute Gasteiger partial charge is 0.382 e. The molecule has 0 saturated heterocycles. The minimum atomic E-state index is -4.74. The molecule has 1 aromatic carbocycles. The normalized spacial score (nSPS) is 14.5. The summed E-state index contributed by atoms with van der Waals surface area (Å²) in [6.07, 6.45) is -6.97. The van der Waals surface area contributed by atoms with Crippen LogP contribution in [-0.4, -0.2) is 38.4 Å². The highest BCUT2D eigenvalue weighted by molar-refractivity contribution is 7.13. The van der Waals surface area contributed by atoms with Crippen LogP contribution in [0.1, 0.15) is 56.6 Å². The summed E-state index contributed by atoms with van der Waals surface area (Å²) < 4.78 is 58.2. The van der Waals surface area contributed by atoms with Gasteiger partial charge in [-0.25, -0.2) is 9.87 Å². The monoisotopic (exact) mass is 572 g/mol. The van der Waals surface area contributed by atoms with Gasteiger partial charge in [0.2, 0.25) is 5.91 Å². The van der Waals surface area contributed by atoms with Gasteiger partial charge in [-0.05, 0) is 59.9 Å². The highest BCUT2D eigenvalue weighted by Crippen LogP contribution is 2.34. The number of nitrogens with zero attached hydrogens (tertiary/aromatic N) is 2. The van der Waals surface area contributed by atoms with Crippen LogP contribution in [0.15, 0.2) is 40.2 Å². The van der Waals surface area contributed by atoms with Gasteiger partial charge in [0.05, 0.1) is 22.4 Å². The van der Waals surface area contributed by atoms with Crippen LogP contribution in [0.3, 0.4) is 0 Å². The first-order chi connectivity index (χ1) is 18.2. The van der Waals surface area contributed by atoms with Gasteiger partial charge in [-0.3, -0.25) is 14.8 Å². The molecule has 0 bridgehead atoms. The van der Waals surface area contributed by atoms with Gasteiger partial charge in [0, 0.05) is 0 Å². The minimum absolute atomic E-state index is 0.0134. The molecule has 2 heterocycles. The van der Waals surface area contributed by atoms with Crippen LogP contribution in [0.5, 0.6) is 0 Å². The average Bonchev–Trinajstić information content (AvgIpc) is 3.55. The second-order valence-corrected chi connectivity index (χ2v) is 11.0. The van der Waals surface area contributed by atoms with E-state index in [0.29, 0.717) is 10.9 Å². The molecule has 2 amide bonds. The Labute approximate surface area is 225 Å². The average molecular weight is 573 g/mol. The van der Waals surface area contributed by atoms with E-state index in [9.17, 15) is 32.3 Å². The Hall–Kier alpha value is -3.36. The number of carbonyl (C=O) groups excluding carboxylic acids is 2. The summed E-state index contributed by atoms with van der Waals surface area (Å²) >= 11 is 1.38. The molecule has 0 aliphatic heterocycles. The molecule has 0 radical (unpaired) electrons. The number of hydroxylamine groups is 1. The number of aryl methyl sites for hydroxylation is 1. The zero-order valence-electron chi connectivity index (χ0n) is 21.3. The fourth-order valence-electron chi connectivity index (χ4n) is 3.94. The number of aliphatic hydroxyl groups is 1. The molecule has 3 aromatic rings. The second kappa shape index (κ2) is 12.2. The molecule has 0 aliphatic rings. The molecular weight excluding hydrogens is 544 g/mol. The topological polar surface area (TPSA) is 138 Å². The first kappa shape index (κ1) is 30.2. The number of halogens is 4. The van der Waals surface area contributed by atoms with E-state index in [1.807, 2.05) is 5.38 Å². The van der Waals surface area contributed by atoms with Gasteiger partial charge in [-0.1, -0.05) is 32.0 Å². The van der Waals surface area contributed by atoms with E-state index in [0.717, 1.165) is 12.1 Å². The molecule has 2 aromatic heterocycles. The number of hydrogen-bond acceptors (Lipinski definition) is 8. The van der Waals surface area contributed by atoms with Gasteiger partial charge >= 0.3 is 6.18 Å². The first-order valence-electron chi connectivity index (χ1n) is 11.9. The summed E-state index contributed by atoms with van der Waals surface area (Å²) in [5.41, 5.74) is -0.485. The van der Waals surface area contributed by atoms with Crippen LogP contribution in [0.2, 0.25) is 0 Å². The number of alkyl halides is 3.